The zero-order valence-electron chi connectivity index (χ0n) is 10.6. The van der Waals surface area contributed by atoms with Crippen molar-refractivity contribution >= 4 is 5.95 Å². The molecule has 0 unspecified atom stereocenters. The van der Waals surface area contributed by atoms with E-state index in [4.69, 9.17) is 4.74 Å². The number of anilines is 1. The summed E-state index contributed by atoms with van der Waals surface area (Å²) in [5.41, 5.74) is 0. The molecule has 0 bridgehead atoms. The summed E-state index contributed by atoms with van der Waals surface area (Å²) in [6.07, 6.45) is 8.51. The van der Waals surface area contributed by atoms with E-state index in [9.17, 15) is 0 Å². The second-order valence-electron chi connectivity index (χ2n) is 3.99. The highest BCUT2D eigenvalue weighted by atomic mass is 16.5. The van der Waals surface area contributed by atoms with Gasteiger partial charge in [0, 0.05) is 51.6 Å². The number of hydrogen-bond acceptors (Lipinski definition) is 4. The van der Waals surface area contributed by atoms with Gasteiger partial charge in [-0.3, -0.25) is 4.68 Å². The summed E-state index contributed by atoms with van der Waals surface area (Å²) in [4.78, 5) is 4.30. The van der Waals surface area contributed by atoms with Crippen LogP contribution < -0.4 is 5.32 Å². The zero-order valence-corrected chi connectivity index (χ0v) is 10.6. The minimum absolute atomic E-state index is 0.765. The topological polar surface area (TPSA) is 56.9 Å². The van der Waals surface area contributed by atoms with Crippen LogP contribution >= 0.6 is 0 Å². The van der Waals surface area contributed by atoms with E-state index in [1.54, 1.807) is 13.3 Å². The first-order chi connectivity index (χ1) is 8.90. The van der Waals surface area contributed by atoms with Crippen LogP contribution in [0.2, 0.25) is 0 Å². The van der Waals surface area contributed by atoms with Gasteiger partial charge in [0.1, 0.15) is 0 Å². The summed E-state index contributed by atoms with van der Waals surface area (Å²) >= 11 is 0. The highest BCUT2D eigenvalue weighted by Gasteiger charge is 2.01. The SMILES string of the molecule is COCCCNc1nccn1CCn1cccn1. The standard InChI is InChI=1S/C12H19N5O/c1-18-11-3-4-13-12-14-6-8-16(12)9-10-17-7-2-5-15-17/h2,5-8H,3-4,9-11H2,1H3,(H,13,14). The lowest BCUT2D eigenvalue weighted by atomic mass is 10.4. The number of ether oxygens (including phenoxy) is 1. The quantitative estimate of drug-likeness (QED) is 0.715. The monoisotopic (exact) mass is 249 g/mol. The van der Waals surface area contributed by atoms with Gasteiger partial charge < -0.3 is 14.6 Å². The molecule has 0 saturated carbocycles. The Labute approximate surface area is 107 Å². The maximum atomic E-state index is 5.01. The third kappa shape index (κ3) is 3.59. The van der Waals surface area contributed by atoms with E-state index in [0.717, 1.165) is 38.6 Å². The van der Waals surface area contributed by atoms with Gasteiger partial charge in [-0.05, 0) is 12.5 Å². The van der Waals surface area contributed by atoms with E-state index in [-0.39, 0.29) is 0 Å². The number of aryl methyl sites for hydroxylation is 2. The van der Waals surface area contributed by atoms with Crippen molar-refractivity contribution in [3.63, 3.8) is 0 Å². The van der Waals surface area contributed by atoms with Crippen LogP contribution in [0.15, 0.2) is 30.9 Å². The van der Waals surface area contributed by atoms with Gasteiger partial charge in [-0.2, -0.15) is 5.10 Å². The van der Waals surface area contributed by atoms with Crippen molar-refractivity contribution in [1.29, 1.82) is 0 Å². The normalized spacial score (nSPS) is 10.7. The highest BCUT2D eigenvalue weighted by Crippen LogP contribution is 2.04. The zero-order chi connectivity index (χ0) is 12.6. The minimum Gasteiger partial charge on any atom is -0.385 e. The second kappa shape index (κ2) is 6.80. The fourth-order valence-corrected chi connectivity index (χ4v) is 1.72. The van der Waals surface area contributed by atoms with E-state index in [1.165, 1.54) is 0 Å². The lowest BCUT2D eigenvalue weighted by Crippen LogP contribution is -2.13. The van der Waals surface area contributed by atoms with Crippen molar-refractivity contribution in [3.8, 4) is 0 Å². The Balaban J connectivity index is 1.79. The fourth-order valence-electron chi connectivity index (χ4n) is 1.72. The van der Waals surface area contributed by atoms with Gasteiger partial charge in [0.15, 0.2) is 0 Å². The molecule has 6 heteroatoms. The summed E-state index contributed by atoms with van der Waals surface area (Å²) in [5.74, 6) is 0.901. The third-order valence-corrected chi connectivity index (χ3v) is 2.65. The molecule has 0 fully saturated rings. The summed E-state index contributed by atoms with van der Waals surface area (Å²) in [6, 6.07) is 1.93. The molecule has 0 aliphatic carbocycles. The molecule has 0 radical (unpaired) electrons. The summed E-state index contributed by atoms with van der Waals surface area (Å²) in [6.45, 7) is 3.33. The molecule has 0 saturated heterocycles. The molecule has 2 aromatic heterocycles. The molecule has 1 N–H and O–H groups in total. The van der Waals surface area contributed by atoms with Gasteiger partial charge in [-0.1, -0.05) is 0 Å². The summed E-state index contributed by atoms with van der Waals surface area (Å²) in [5, 5.41) is 7.48. The number of rotatable bonds is 8. The molecule has 0 aliphatic heterocycles. The molecule has 2 rings (SSSR count). The molecule has 18 heavy (non-hydrogen) atoms. The van der Waals surface area contributed by atoms with E-state index in [0.29, 0.717) is 0 Å². The van der Waals surface area contributed by atoms with Gasteiger partial charge in [0.2, 0.25) is 5.95 Å². The molecular formula is C12H19N5O. The first kappa shape index (κ1) is 12.6. The van der Waals surface area contributed by atoms with Crippen LogP contribution in [0.3, 0.4) is 0 Å². The molecule has 2 heterocycles. The smallest absolute Gasteiger partial charge is 0.202 e. The van der Waals surface area contributed by atoms with Crippen molar-refractivity contribution in [2.75, 3.05) is 25.6 Å². The van der Waals surface area contributed by atoms with Crippen molar-refractivity contribution in [2.24, 2.45) is 0 Å². The number of nitrogens with zero attached hydrogens (tertiary/aromatic N) is 4. The number of imidazole rings is 1. The van der Waals surface area contributed by atoms with Crippen LogP contribution in [0, 0.1) is 0 Å². The van der Waals surface area contributed by atoms with Crippen LogP contribution in [0.5, 0.6) is 0 Å². The fraction of sp³-hybridized carbons (Fsp3) is 0.500. The molecule has 0 amide bonds. The Morgan fingerprint density at radius 2 is 2.22 bits per heavy atom. The third-order valence-electron chi connectivity index (χ3n) is 2.65. The number of aromatic nitrogens is 4. The van der Waals surface area contributed by atoms with Gasteiger partial charge in [-0.25, -0.2) is 4.98 Å². The van der Waals surface area contributed by atoms with Crippen molar-refractivity contribution < 1.29 is 4.74 Å². The van der Waals surface area contributed by atoms with Crippen LogP contribution in [-0.4, -0.2) is 39.6 Å². The van der Waals surface area contributed by atoms with Crippen LogP contribution in [0.4, 0.5) is 5.95 Å². The molecule has 2 aromatic rings. The lowest BCUT2D eigenvalue weighted by Gasteiger charge is -2.09. The molecule has 6 nitrogen and oxygen atoms in total. The van der Waals surface area contributed by atoms with Crippen molar-refractivity contribution in [2.45, 2.75) is 19.5 Å². The maximum Gasteiger partial charge on any atom is 0.202 e. The molecule has 0 aromatic carbocycles. The van der Waals surface area contributed by atoms with E-state index >= 15 is 0 Å². The largest absolute Gasteiger partial charge is 0.385 e. The molecule has 0 aliphatic rings. The summed E-state index contributed by atoms with van der Waals surface area (Å²) < 4.78 is 9.01. The predicted octanol–water partition coefficient (Wildman–Crippen LogP) is 1.23. The van der Waals surface area contributed by atoms with E-state index in [2.05, 4.69) is 20.0 Å². The van der Waals surface area contributed by atoms with Crippen LogP contribution in [0.25, 0.3) is 0 Å². The van der Waals surface area contributed by atoms with E-state index < -0.39 is 0 Å². The van der Waals surface area contributed by atoms with Gasteiger partial charge in [0.05, 0.1) is 6.54 Å². The molecule has 0 spiro atoms. The summed E-state index contributed by atoms with van der Waals surface area (Å²) in [7, 11) is 1.71. The van der Waals surface area contributed by atoms with E-state index in [1.807, 2.05) is 29.3 Å². The lowest BCUT2D eigenvalue weighted by molar-refractivity contribution is 0.197. The van der Waals surface area contributed by atoms with Gasteiger partial charge in [-0.15, -0.1) is 0 Å². The molecular weight excluding hydrogens is 230 g/mol. The predicted molar refractivity (Wildman–Crippen MR) is 69.4 cm³/mol. The Bertz CT molecular complexity index is 437. The van der Waals surface area contributed by atoms with Gasteiger partial charge in [0.25, 0.3) is 0 Å². The number of methoxy groups -OCH3 is 1. The Morgan fingerprint density at radius 1 is 1.28 bits per heavy atom. The highest BCUT2D eigenvalue weighted by molar-refractivity contribution is 5.25. The van der Waals surface area contributed by atoms with Crippen LogP contribution in [0.1, 0.15) is 6.42 Å². The molecule has 98 valence electrons. The first-order valence-electron chi connectivity index (χ1n) is 6.11. The van der Waals surface area contributed by atoms with Crippen molar-refractivity contribution in [1.82, 2.24) is 19.3 Å². The average Bonchev–Trinajstić information content (AvgIpc) is 3.03. The number of hydrogen-bond donors (Lipinski definition) is 1. The number of nitrogens with one attached hydrogen (secondary N) is 1. The minimum atomic E-state index is 0.765. The Morgan fingerprint density at radius 3 is 3.00 bits per heavy atom. The first-order valence-corrected chi connectivity index (χ1v) is 6.11. The van der Waals surface area contributed by atoms with Crippen LogP contribution in [-0.2, 0) is 17.8 Å². The average molecular weight is 249 g/mol. The Kier molecular flexibility index (Phi) is 4.78. The van der Waals surface area contributed by atoms with Gasteiger partial charge >= 0.3 is 0 Å². The second-order valence-corrected chi connectivity index (χ2v) is 3.99. The van der Waals surface area contributed by atoms with Crippen molar-refractivity contribution in [3.05, 3.63) is 30.9 Å². The Hall–Kier alpha value is -1.82. The maximum absolute atomic E-state index is 5.01. The molecule has 0 atom stereocenters.